The first-order chi connectivity index (χ1) is 8.56. The van der Waals surface area contributed by atoms with Crippen LogP contribution in [0.1, 0.15) is 13.3 Å². The maximum atomic E-state index is 11.6. The van der Waals surface area contributed by atoms with Crippen LogP contribution in [-0.4, -0.2) is 30.3 Å². The van der Waals surface area contributed by atoms with Crippen molar-refractivity contribution >= 4 is 17.7 Å². The monoisotopic (exact) mass is 252 g/mol. The lowest BCUT2D eigenvalue weighted by atomic mass is 10.2. The Labute approximate surface area is 105 Å². The molecule has 0 bridgehead atoms. The summed E-state index contributed by atoms with van der Waals surface area (Å²) in [6, 6.07) is 5.34. The lowest BCUT2D eigenvalue weighted by Gasteiger charge is -2.13. The second-order valence-electron chi connectivity index (χ2n) is 3.63. The van der Waals surface area contributed by atoms with Crippen molar-refractivity contribution in [3.63, 3.8) is 0 Å². The normalized spacial score (nSPS) is 11.4. The van der Waals surface area contributed by atoms with Gasteiger partial charge in [0.15, 0.2) is 0 Å². The van der Waals surface area contributed by atoms with Crippen LogP contribution in [0.4, 0.5) is 10.5 Å². The van der Waals surface area contributed by atoms with E-state index in [1.807, 2.05) is 0 Å². The van der Waals surface area contributed by atoms with Crippen molar-refractivity contribution < 1.29 is 19.4 Å². The summed E-state index contributed by atoms with van der Waals surface area (Å²) in [5.41, 5.74) is 0.534. The lowest BCUT2D eigenvalue weighted by molar-refractivity contribution is -0.139. The van der Waals surface area contributed by atoms with Crippen LogP contribution in [0.5, 0.6) is 5.75 Å². The quantitative estimate of drug-likeness (QED) is 0.744. The number of hydrogen-bond donors (Lipinski definition) is 3. The van der Waals surface area contributed by atoms with Crippen LogP contribution in [0.15, 0.2) is 24.3 Å². The number of anilines is 1. The number of hydrogen-bond acceptors (Lipinski definition) is 3. The van der Waals surface area contributed by atoms with Crippen molar-refractivity contribution in [1.29, 1.82) is 0 Å². The Kier molecular flexibility index (Phi) is 4.98. The summed E-state index contributed by atoms with van der Waals surface area (Å²) in [7, 11) is 1.52. The molecule has 0 saturated heterocycles. The summed E-state index contributed by atoms with van der Waals surface area (Å²) in [5.74, 6) is -0.448. The molecule has 0 heterocycles. The van der Waals surface area contributed by atoms with Crippen LogP contribution in [-0.2, 0) is 4.79 Å². The third-order valence-corrected chi connectivity index (χ3v) is 2.34. The van der Waals surface area contributed by atoms with Crippen LogP contribution in [0, 0.1) is 0 Å². The highest BCUT2D eigenvalue weighted by molar-refractivity contribution is 5.92. The lowest BCUT2D eigenvalue weighted by Crippen LogP contribution is -2.42. The number of carboxylic acids is 1. The first-order valence-corrected chi connectivity index (χ1v) is 5.51. The molecule has 0 aliphatic rings. The van der Waals surface area contributed by atoms with Gasteiger partial charge in [0.05, 0.1) is 7.11 Å². The van der Waals surface area contributed by atoms with E-state index >= 15 is 0 Å². The Bertz CT molecular complexity index is 434. The third-order valence-electron chi connectivity index (χ3n) is 2.34. The maximum Gasteiger partial charge on any atom is 0.326 e. The van der Waals surface area contributed by atoms with Crippen LogP contribution < -0.4 is 15.4 Å². The van der Waals surface area contributed by atoms with E-state index in [0.29, 0.717) is 17.9 Å². The first kappa shape index (κ1) is 13.8. The number of carbonyl (C=O) groups is 2. The molecule has 1 aromatic rings. The van der Waals surface area contributed by atoms with Crippen LogP contribution in [0.3, 0.4) is 0 Å². The fourth-order valence-electron chi connectivity index (χ4n) is 1.36. The van der Waals surface area contributed by atoms with E-state index < -0.39 is 18.0 Å². The predicted molar refractivity (Wildman–Crippen MR) is 66.9 cm³/mol. The van der Waals surface area contributed by atoms with Crippen molar-refractivity contribution in [2.75, 3.05) is 12.4 Å². The van der Waals surface area contributed by atoms with E-state index in [4.69, 9.17) is 9.84 Å². The number of carboxylic acid groups (broad SMARTS) is 1. The van der Waals surface area contributed by atoms with Gasteiger partial charge in [0.2, 0.25) is 0 Å². The molecule has 0 unspecified atom stereocenters. The molecule has 6 nitrogen and oxygen atoms in total. The Morgan fingerprint density at radius 3 is 2.72 bits per heavy atom. The summed E-state index contributed by atoms with van der Waals surface area (Å²) in [6.45, 7) is 1.69. The van der Waals surface area contributed by atoms with E-state index in [1.165, 1.54) is 7.11 Å². The molecular weight excluding hydrogens is 236 g/mol. The van der Waals surface area contributed by atoms with Crippen molar-refractivity contribution in [1.82, 2.24) is 5.32 Å². The van der Waals surface area contributed by atoms with Gasteiger partial charge in [0.1, 0.15) is 11.8 Å². The van der Waals surface area contributed by atoms with E-state index in [0.717, 1.165) is 0 Å². The number of carbonyl (C=O) groups excluding carboxylic acids is 1. The SMILES string of the molecule is CC[C@@H](NC(=O)Nc1cccc(OC)c1)C(=O)O. The zero-order valence-corrected chi connectivity index (χ0v) is 10.3. The van der Waals surface area contributed by atoms with Crippen LogP contribution in [0.2, 0.25) is 0 Å². The molecule has 6 heteroatoms. The van der Waals surface area contributed by atoms with Gasteiger partial charge in [-0.25, -0.2) is 9.59 Å². The standard InChI is InChI=1S/C12H16N2O4/c1-3-10(11(15)16)14-12(17)13-8-5-4-6-9(7-8)18-2/h4-7,10H,3H2,1-2H3,(H,15,16)(H2,13,14,17)/t10-/m1/s1. The third kappa shape index (κ3) is 3.97. The van der Waals surface area contributed by atoms with Gasteiger partial charge < -0.3 is 20.5 Å². The second-order valence-corrected chi connectivity index (χ2v) is 3.63. The number of ether oxygens (including phenoxy) is 1. The molecule has 3 N–H and O–H groups in total. The van der Waals surface area contributed by atoms with Gasteiger partial charge >= 0.3 is 12.0 Å². The highest BCUT2D eigenvalue weighted by atomic mass is 16.5. The molecule has 0 radical (unpaired) electrons. The molecule has 1 aromatic carbocycles. The number of amides is 2. The number of rotatable bonds is 5. The summed E-state index contributed by atoms with van der Waals surface area (Å²) in [4.78, 5) is 22.3. The zero-order valence-electron chi connectivity index (χ0n) is 10.3. The largest absolute Gasteiger partial charge is 0.497 e. The summed E-state index contributed by atoms with van der Waals surface area (Å²) in [5, 5.41) is 13.7. The molecule has 0 spiro atoms. The molecule has 18 heavy (non-hydrogen) atoms. The minimum absolute atomic E-state index is 0.320. The Balaban J connectivity index is 2.61. The highest BCUT2D eigenvalue weighted by Crippen LogP contribution is 2.16. The number of urea groups is 1. The Morgan fingerprint density at radius 2 is 2.17 bits per heavy atom. The fraction of sp³-hybridized carbons (Fsp3) is 0.333. The minimum Gasteiger partial charge on any atom is -0.497 e. The van der Waals surface area contributed by atoms with Crippen molar-refractivity contribution in [2.24, 2.45) is 0 Å². The van der Waals surface area contributed by atoms with Gasteiger partial charge in [-0.3, -0.25) is 0 Å². The number of aliphatic carboxylic acids is 1. The molecule has 1 atom stereocenters. The van der Waals surface area contributed by atoms with E-state index in [1.54, 1.807) is 31.2 Å². The van der Waals surface area contributed by atoms with Crippen molar-refractivity contribution in [3.05, 3.63) is 24.3 Å². The van der Waals surface area contributed by atoms with Gasteiger partial charge in [-0.05, 0) is 18.6 Å². The Morgan fingerprint density at radius 1 is 1.44 bits per heavy atom. The molecule has 0 aliphatic heterocycles. The summed E-state index contributed by atoms with van der Waals surface area (Å²) >= 11 is 0. The second kappa shape index (κ2) is 6.48. The van der Waals surface area contributed by atoms with E-state index in [9.17, 15) is 9.59 Å². The zero-order chi connectivity index (χ0) is 13.5. The predicted octanol–water partition coefficient (Wildman–Crippen LogP) is 1.68. The van der Waals surface area contributed by atoms with Crippen molar-refractivity contribution in [2.45, 2.75) is 19.4 Å². The number of benzene rings is 1. The average Bonchev–Trinajstić information content (AvgIpc) is 2.35. The topological polar surface area (TPSA) is 87.7 Å². The molecular formula is C12H16N2O4. The molecule has 0 saturated carbocycles. The van der Waals surface area contributed by atoms with Crippen molar-refractivity contribution in [3.8, 4) is 5.75 Å². The molecule has 0 aromatic heterocycles. The first-order valence-electron chi connectivity index (χ1n) is 5.51. The van der Waals surface area contributed by atoms with Gasteiger partial charge in [-0.15, -0.1) is 0 Å². The van der Waals surface area contributed by atoms with Gasteiger partial charge in [0, 0.05) is 11.8 Å². The molecule has 0 fully saturated rings. The molecule has 98 valence electrons. The fourth-order valence-corrected chi connectivity index (χ4v) is 1.36. The average molecular weight is 252 g/mol. The molecule has 0 aliphatic carbocycles. The van der Waals surface area contributed by atoms with Crippen LogP contribution >= 0.6 is 0 Å². The number of nitrogens with one attached hydrogen (secondary N) is 2. The minimum atomic E-state index is -1.06. The Hall–Kier alpha value is -2.24. The van der Waals surface area contributed by atoms with E-state index in [2.05, 4.69) is 10.6 Å². The number of methoxy groups -OCH3 is 1. The van der Waals surface area contributed by atoms with Gasteiger partial charge in [-0.2, -0.15) is 0 Å². The highest BCUT2D eigenvalue weighted by Gasteiger charge is 2.17. The summed E-state index contributed by atoms with van der Waals surface area (Å²) < 4.78 is 5.01. The summed E-state index contributed by atoms with van der Waals surface area (Å²) in [6.07, 6.45) is 0.320. The maximum absolute atomic E-state index is 11.6. The van der Waals surface area contributed by atoms with E-state index in [-0.39, 0.29) is 0 Å². The smallest absolute Gasteiger partial charge is 0.326 e. The van der Waals surface area contributed by atoms with Gasteiger partial charge in [-0.1, -0.05) is 13.0 Å². The van der Waals surface area contributed by atoms with Gasteiger partial charge in [0.25, 0.3) is 0 Å². The van der Waals surface area contributed by atoms with Crippen LogP contribution in [0.25, 0.3) is 0 Å². The molecule has 1 rings (SSSR count). The molecule has 2 amide bonds.